The molecule has 1 unspecified atom stereocenters. The van der Waals surface area contributed by atoms with E-state index in [0.717, 1.165) is 24.2 Å². The lowest BCUT2D eigenvalue weighted by molar-refractivity contribution is -0.0326. The second-order valence-electron chi connectivity index (χ2n) is 5.76. The molecule has 1 aromatic rings. The Balaban J connectivity index is 1.82. The molecule has 0 radical (unpaired) electrons. The van der Waals surface area contributed by atoms with Gasteiger partial charge in [0.25, 0.3) is 0 Å². The van der Waals surface area contributed by atoms with Gasteiger partial charge in [-0.15, -0.1) is 0 Å². The first-order valence-electron chi connectivity index (χ1n) is 6.84. The SMILES string of the molecule is CC1(C)CCC(COc2ccc(C/C(N)=N/O)cc2)O1. The zero-order valence-corrected chi connectivity index (χ0v) is 12.0. The summed E-state index contributed by atoms with van der Waals surface area (Å²) in [7, 11) is 0. The first-order valence-corrected chi connectivity index (χ1v) is 6.84. The normalized spacial score (nSPS) is 21.9. The van der Waals surface area contributed by atoms with Crippen LogP contribution in [0.2, 0.25) is 0 Å². The lowest BCUT2D eigenvalue weighted by Crippen LogP contribution is -2.23. The quantitative estimate of drug-likeness (QED) is 0.375. The van der Waals surface area contributed by atoms with Crippen LogP contribution in [0.3, 0.4) is 0 Å². The summed E-state index contributed by atoms with van der Waals surface area (Å²) in [5.41, 5.74) is 6.41. The molecule has 110 valence electrons. The highest BCUT2D eigenvalue weighted by Crippen LogP contribution is 2.29. The number of hydrogen-bond donors (Lipinski definition) is 2. The van der Waals surface area contributed by atoms with Gasteiger partial charge < -0.3 is 20.4 Å². The molecule has 1 fully saturated rings. The third kappa shape index (κ3) is 4.13. The van der Waals surface area contributed by atoms with Crippen LogP contribution in [0.4, 0.5) is 0 Å². The number of benzene rings is 1. The van der Waals surface area contributed by atoms with Gasteiger partial charge in [-0.3, -0.25) is 0 Å². The second kappa shape index (κ2) is 6.13. The van der Waals surface area contributed by atoms with E-state index in [4.69, 9.17) is 20.4 Å². The summed E-state index contributed by atoms with van der Waals surface area (Å²) in [6, 6.07) is 7.60. The van der Waals surface area contributed by atoms with Gasteiger partial charge in [0.15, 0.2) is 0 Å². The van der Waals surface area contributed by atoms with Crippen LogP contribution < -0.4 is 10.5 Å². The first-order chi connectivity index (χ1) is 9.48. The van der Waals surface area contributed by atoms with Crippen LogP contribution in [0.5, 0.6) is 5.75 Å². The van der Waals surface area contributed by atoms with Crippen LogP contribution in [-0.2, 0) is 11.2 Å². The predicted octanol–water partition coefficient (Wildman–Crippen LogP) is 2.31. The number of hydrogen-bond acceptors (Lipinski definition) is 4. The van der Waals surface area contributed by atoms with Crippen LogP contribution in [0.1, 0.15) is 32.3 Å². The summed E-state index contributed by atoms with van der Waals surface area (Å²) in [6.07, 6.45) is 2.70. The van der Waals surface area contributed by atoms with Crippen molar-refractivity contribution < 1.29 is 14.7 Å². The molecule has 0 aromatic heterocycles. The van der Waals surface area contributed by atoms with E-state index < -0.39 is 0 Å². The van der Waals surface area contributed by atoms with Crippen LogP contribution in [0.25, 0.3) is 0 Å². The Kier molecular flexibility index (Phi) is 4.49. The standard InChI is InChI=1S/C15H22N2O3/c1-15(2)8-7-13(20-15)10-19-12-5-3-11(4-6-12)9-14(16)17-18/h3-6,13,18H,7-10H2,1-2H3,(H2,16,17). The van der Waals surface area contributed by atoms with Crippen molar-refractivity contribution in [2.24, 2.45) is 10.9 Å². The molecule has 0 spiro atoms. The molecule has 1 heterocycles. The molecular weight excluding hydrogens is 256 g/mol. The Morgan fingerprint density at radius 2 is 2.15 bits per heavy atom. The van der Waals surface area contributed by atoms with Crippen molar-refractivity contribution in [2.75, 3.05) is 6.61 Å². The van der Waals surface area contributed by atoms with Crippen molar-refractivity contribution in [2.45, 2.75) is 44.8 Å². The molecule has 1 aromatic carbocycles. The fourth-order valence-corrected chi connectivity index (χ4v) is 2.33. The average Bonchev–Trinajstić information content (AvgIpc) is 2.77. The molecule has 5 nitrogen and oxygen atoms in total. The summed E-state index contributed by atoms with van der Waals surface area (Å²) in [4.78, 5) is 0. The van der Waals surface area contributed by atoms with Gasteiger partial charge in [-0.1, -0.05) is 17.3 Å². The van der Waals surface area contributed by atoms with E-state index in [1.807, 2.05) is 24.3 Å². The number of nitrogens with two attached hydrogens (primary N) is 1. The maximum atomic E-state index is 8.52. The fourth-order valence-electron chi connectivity index (χ4n) is 2.33. The lowest BCUT2D eigenvalue weighted by Gasteiger charge is -2.19. The Hall–Kier alpha value is -1.75. The second-order valence-corrected chi connectivity index (χ2v) is 5.76. The van der Waals surface area contributed by atoms with Crippen LogP contribution >= 0.6 is 0 Å². The van der Waals surface area contributed by atoms with E-state index in [-0.39, 0.29) is 17.5 Å². The van der Waals surface area contributed by atoms with Gasteiger partial charge in [0.2, 0.25) is 0 Å². The third-order valence-corrected chi connectivity index (χ3v) is 3.43. The van der Waals surface area contributed by atoms with E-state index in [1.54, 1.807) is 0 Å². The van der Waals surface area contributed by atoms with Crippen molar-refractivity contribution in [1.29, 1.82) is 0 Å². The van der Waals surface area contributed by atoms with Crippen LogP contribution in [0, 0.1) is 0 Å². The van der Waals surface area contributed by atoms with Crippen molar-refractivity contribution in [3.63, 3.8) is 0 Å². The van der Waals surface area contributed by atoms with E-state index in [0.29, 0.717) is 13.0 Å². The van der Waals surface area contributed by atoms with Gasteiger partial charge in [0.05, 0.1) is 11.7 Å². The van der Waals surface area contributed by atoms with Crippen molar-refractivity contribution in [3.05, 3.63) is 29.8 Å². The molecule has 1 saturated heterocycles. The highest BCUT2D eigenvalue weighted by atomic mass is 16.6. The third-order valence-electron chi connectivity index (χ3n) is 3.43. The van der Waals surface area contributed by atoms with Crippen molar-refractivity contribution in [3.8, 4) is 5.75 Å². The van der Waals surface area contributed by atoms with E-state index in [1.165, 1.54) is 0 Å². The predicted molar refractivity (Wildman–Crippen MR) is 77.2 cm³/mol. The van der Waals surface area contributed by atoms with E-state index in [2.05, 4.69) is 19.0 Å². The number of rotatable bonds is 5. The summed E-state index contributed by atoms with van der Waals surface area (Å²) in [6.45, 7) is 4.78. The minimum Gasteiger partial charge on any atom is -0.491 e. The number of nitrogens with zero attached hydrogens (tertiary/aromatic N) is 1. The number of ether oxygens (including phenoxy) is 2. The smallest absolute Gasteiger partial charge is 0.143 e. The van der Waals surface area contributed by atoms with Crippen LogP contribution in [-0.4, -0.2) is 29.4 Å². The van der Waals surface area contributed by atoms with Gasteiger partial charge in [0.1, 0.15) is 18.2 Å². The minimum absolute atomic E-state index is 0.0287. The summed E-state index contributed by atoms with van der Waals surface area (Å²) >= 11 is 0. The molecular formula is C15H22N2O3. The molecule has 1 aliphatic rings. The highest BCUT2D eigenvalue weighted by Gasteiger charge is 2.31. The van der Waals surface area contributed by atoms with Gasteiger partial charge in [0, 0.05) is 6.42 Å². The fraction of sp³-hybridized carbons (Fsp3) is 0.533. The molecule has 5 heteroatoms. The molecule has 20 heavy (non-hydrogen) atoms. The van der Waals surface area contributed by atoms with Crippen molar-refractivity contribution in [1.82, 2.24) is 0 Å². The summed E-state index contributed by atoms with van der Waals surface area (Å²) < 4.78 is 11.6. The maximum absolute atomic E-state index is 8.52. The molecule has 1 aliphatic heterocycles. The zero-order chi connectivity index (χ0) is 14.6. The highest BCUT2D eigenvalue weighted by molar-refractivity contribution is 5.82. The molecule has 3 N–H and O–H groups in total. The minimum atomic E-state index is -0.0287. The Labute approximate surface area is 119 Å². The van der Waals surface area contributed by atoms with E-state index in [9.17, 15) is 0 Å². The van der Waals surface area contributed by atoms with E-state index >= 15 is 0 Å². The average molecular weight is 278 g/mol. The Bertz CT molecular complexity index is 469. The number of oxime groups is 1. The molecule has 0 bridgehead atoms. The van der Waals surface area contributed by atoms with Gasteiger partial charge in [-0.25, -0.2) is 0 Å². The Morgan fingerprint density at radius 3 is 2.70 bits per heavy atom. The summed E-state index contributed by atoms with van der Waals surface area (Å²) in [5.74, 6) is 1.00. The molecule has 0 amide bonds. The van der Waals surface area contributed by atoms with Crippen LogP contribution in [0.15, 0.2) is 29.4 Å². The largest absolute Gasteiger partial charge is 0.491 e. The van der Waals surface area contributed by atoms with Crippen molar-refractivity contribution >= 4 is 5.84 Å². The lowest BCUT2D eigenvalue weighted by atomic mass is 10.1. The first kappa shape index (κ1) is 14.7. The Morgan fingerprint density at radius 1 is 1.45 bits per heavy atom. The molecule has 1 atom stereocenters. The van der Waals surface area contributed by atoms with Gasteiger partial charge >= 0.3 is 0 Å². The number of amidine groups is 1. The zero-order valence-electron chi connectivity index (χ0n) is 12.0. The molecule has 2 rings (SSSR count). The molecule has 0 aliphatic carbocycles. The summed E-state index contributed by atoms with van der Waals surface area (Å²) in [5, 5.41) is 11.5. The van der Waals surface area contributed by atoms with Gasteiger partial charge in [-0.2, -0.15) is 0 Å². The topological polar surface area (TPSA) is 77.1 Å². The van der Waals surface area contributed by atoms with Gasteiger partial charge in [-0.05, 0) is 44.4 Å². The maximum Gasteiger partial charge on any atom is 0.143 e. The monoisotopic (exact) mass is 278 g/mol. The molecule has 0 saturated carbocycles.